The highest BCUT2D eigenvalue weighted by Crippen LogP contribution is 2.40. The van der Waals surface area contributed by atoms with Gasteiger partial charge in [0.25, 0.3) is 0 Å². The maximum atomic E-state index is 10.7. The zero-order valence-corrected chi connectivity index (χ0v) is 17.5. The predicted octanol–water partition coefficient (Wildman–Crippen LogP) is 5.34. The van der Waals surface area contributed by atoms with E-state index in [9.17, 15) is 5.11 Å². The second-order valence-corrected chi connectivity index (χ2v) is 7.22. The van der Waals surface area contributed by atoms with E-state index in [1.54, 1.807) is 37.6 Å². The number of hydrogen-bond donors (Lipinski definition) is 2. The van der Waals surface area contributed by atoms with Crippen LogP contribution in [0.15, 0.2) is 72.9 Å². The fourth-order valence-corrected chi connectivity index (χ4v) is 3.47. The number of nitrogens with two attached hydrogens (primary N) is 1. The molecule has 0 aliphatic heterocycles. The molecular weight excluding hydrogens is 414 g/mol. The molecule has 0 fully saturated rings. The Morgan fingerprint density at radius 1 is 0.968 bits per heavy atom. The lowest BCUT2D eigenvalue weighted by molar-refractivity contribution is 0.304. The summed E-state index contributed by atoms with van der Waals surface area (Å²) in [6.07, 6.45) is 1.62. The number of ether oxygens (including phenoxy) is 2. The quantitative estimate of drug-likeness (QED) is 0.426. The van der Waals surface area contributed by atoms with Crippen LogP contribution < -0.4 is 15.2 Å². The van der Waals surface area contributed by atoms with Gasteiger partial charge in [-0.3, -0.25) is 0 Å². The molecule has 0 aliphatic rings. The number of halogens is 1. The Balaban J connectivity index is 1.68. The van der Waals surface area contributed by atoms with Crippen molar-refractivity contribution < 1.29 is 14.6 Å². The van der Waals surface area contributed by atoms with Gasteiger partial charge in [-0.2, -0.15) is 0 Å². The average Bonchev–Trinajstić information content (AvgIpc) is 2.78. The Labute approximate surface area is 184 Å². The Kier molecular flexibility index (Phi) is 5.91. The van der Waals surface area contributed by atoms with Gasteiger partial charge < -0.3 is 20.3 Å². The maximum absolute atomic E-state index is 10.7. The SMILES string of the molecule is COc1ccccc1-c1cnc(N)nc1-c1ccc(OCc2cccc(Cl)c2)cc1O. The molecule has 0 bridgehead atoms. The summed E-state index contributed by atoms with van der Waals surface area (Å²) in [7, 11) is 1.60. The lowest BCUT2D eigenvalue weighted by Crippen LogP contribution is -2.00. The van der Waals surface area contributed by atoms with Gasteiger partial charge in [0.1, 0.15) is 23.9 Å². The Morgan fingerprint density at radius 3 is 2.58 bits per heavy atom. The van der Waals surface area contributed by atoms with Gasteiger partial charge in [-0.25, -0.2) is 9.97 Å². The summed E-state index contributed by atoms with van der Waals surface area (Å²) in [5.41, 5.74) is 9.26. The molecular formula is C24H20ClN3O3. The average molecular weight is 434 g/mol. The van der Waals surface area contributed by atoms with E-state index in [2.05, 4.69) is 9.97 Å². The number of nitrogens with zero attached hydrogens (tertiary/aromatic N) is 2. The van der Waals surface area contributed by atoms with Crippen LogP contribution in [0.2, 0.25) is 5.02 Å². The van der Waals surface area contributed by atoms with E-state index in [0.29, 0.717) is 39.9 Å². The predicted molar refractivity (Wildman–Crippen MR) is 121 cm³/mol. The van der Waals surface area contributed by atoms with Gasteiger partial charge in [-0.15, -0.1) is 0 Å². The molecule has 0 amide bonds. The van der Waals surface area contributed by atoms with Crippen molar-refractivity contribution in [2.24, 2.45) is 0 Å². The summed E-state index contributed by atoms with van der Waals surface area (Å²) < 4.78 is 11.3. The number of methoxy groups -OCH3 is 1. The van der Waals surface area contributed by atoms with Crippen LogP contribution in [0.3, 0.4) is 0 Å². The van der Waals surface area contributed by atoms with Gasteiger partial charge in [0.05, 0.1) is 12.8 Å². The highest BCUT2D eigenvalue weighted by atomic mass is 35.5. The van der Waals surface area contributed by atoms with E-state index < -0.39 is 0 Å². The van der Waals surface area contributed by atoms with Gasteiger partial charge in [0.15, 0.2) is 0 Å². The van der Waals surface area contributed by atoms with Gasteiger partial charge in [0, 0.05) is 34.0 Å². The van der Waals surface area contributed by atoms with E-state index in [0.717, 1.165) is 11.1 Å². The van der Waals surface area contributed by atoms with Crippen LogP contribution in [-0.2, 0) is 6.61 Å². The third-order valence-electron chi connectivity index (χ3n) is 4.72. The molecule has 3 aromatic carbocycles. The number of anilines is 1. The molecule has 0 spiro atoms. The van der Waals surface area contributed by atoms with Crippen molar-refractivity contribution in [2.75, 3.05) is 12.8 Å². The molecule has 0 saturated heterocycles. The van der Waals surface area contributed by atoms with Crippen LogP contribution in [0.4, 0.5) is 5.95 Å². The van der Waals surface area contributed by atoms with E-state index in [4.69, 9.17) is 26.8 Å². The molecule has 1 aromatic heterocycles. The minimum Gasteiger partial charge on any atom is -0.507 e. The van der Waals surface area contributed by atoms with E-state index in [1.807, 2.05) is 42.5 Å². The van der Waals surface area contributed by atoms with Crippen LogP contribution >= 0.6 is 11.6 Å². The van der Waals surface area contributed by atoms with Crippen molar-refractivity contribution in [3.05, 3.63) is 83.5 Å². The Hall–Kier alpha value is -3.77. The summed E-state index contributed by atoms with van der Waals surface area (Å²) in [5.74, 6) is 1.30. The van der Waals surface area contributed by atoms with E-state index in [-0.39, 0.29) is 11.7 Å². The topological polar surface area (TPSA) is 90.5 Å². The van der Waals surface area contributed by atoms with Crippen molar-refractivity contribution in [3.8, 4) is 39.6 Å². The summed E-state index contributed by atoms with van der Waals surface area (Å²) >= 11 is 6.01. The van der Waals surface area contributed by atoms with Crippen molar-refractivity contribution >= 4 is 17.5 Å². The van der Waals surface area contributed by atoms with Gasteiger partial charge in [0.2, 0.25) is 5.95 Å². The molecule has 4 rings (SSSR count). The molecule has 0 unspecified atom stereocenters. The van der Waals surface area contributed by atoms with Crippen LogP contribution in [0.25, 0.3) is 22.4 Å². The number of phenols is 1. The zero-order chi connectivity index (χ0) is 21.8. The number of nitrogen functional groups attached to an aromatic ring is 1. The molecule has 0 saturated carbocycles. The highest BCUT2D eigenvalue weighted by molar-refractivity contribution is 6.30. The van der Waals surface area contributed by atoms with Gasteiger partial charge in [-0.05, 0) is 35.9 Å². The first kappa shape index (κ1) is 20.5. The lowest BCUT2D eigenvalue weighted by atomic mass is 9.99. The number of hydrogen-bond acceptors (Lipinski definition) is 6. The molecule has 31 heavy (non-hydrogen) atoms. The third-order valence-corrected chi connectivity index (χ3v) is 4.96. The molecule has 1 heterocycles. The van der Waals surface area contributed by atoms with Crippen LogP contribution in [-0.4, -0.2) is 22.2 Å². The smallest absolute Gasteiger partial charge is 0.220 e. The van der Waals surface area contributed by atoms with Gasteiger partial charge >= 0.3 is 0 Å². The standard InChI is InChI=1S/C24H20ClN3O3/c1-30-22-8-3-2-7-18(22)20-13-27-24(26)28-23(20)19-10-9-17(12-21(19)29)31-14-15-5-4-6-16(25)11-15/h2-13,29H,14H2,1H3,(H2,26,27,28). The summed E-state index contributed by atoms with van der Waals surface area (Å²) in [4.78, 5) is 8.51. The first-order chi connectivity index (χ1) is 15.0. The first-order valence-corrected chi connectivity index (χ1v) is 9.89. The van der Waals surface area contributed by atoms with Crippen molar-refractivity contribution in [1.29, 1.82) is 0 Å². The van der Waals surface area contributed by atoms with Crippen LogP contribution in [0.5, 0.6) is 17.2 Å². The molecule has 156 valence electrons. The molecule has 6 nitrogen and oxygen atoms in total. The van der Waals surface area contributed by atoms with Crippen LogP contribution in [0, 0.1) is 0 Å². The lowest BCUT2D eigenvalue weighted by Gasteiger charge is -2.14. The monoisotopic (exact) mass is 433 g/mol. The van der Waals surface area contributed by atoms with Crippen molar-refractivity contribution in [3.63, 3.8) is 0 Å². The Bertz CT molecular complexity index is 1230. The number of para-hydroxylation sites is 1. The highest BCUT2D eigenvalue weighted by Gasteiger charge is 2.17. The molecule has 7 heteroatoms. The van der Waals surface area contributed by atoms with Crippen LogP contribution in [0.1, 0.15) is 5.56 Å². The number of phenolic OH excluding ortho intramolecular Hbond substituents is 1. The third kappa shape index (κ3) is 4.54. The number of benzene rings is 3. The number of aromatic hydroxyl groups is 1. The maximum Gasteiger partial charge on any atom is 0.220 e. The van der Waals surface area contributed by atoms with Crippen molar-refractivity contribution in [1.82, 2.24) is 9.97 Å². The van der Waals surface area contributed by atoms with Crippen molar-refractivity contribution in [2.45, 2.75) is 6.61 Å². The normalized spacial score (nSPS) is 10.6. The second kappa shape index (κ2) is 8.93. The summed E-state index contributed by atoms with van der Waals surface area (Å²) in [6, 6.07) is 20.0. The second-order valence-electron chi connectivity index (χ2n) is 6.79. The Morgan fingerprint density at radius 2 is 1.81 bits per heavy atom. The zero-order valence-electron chi connectivity index (χ0n) is 16.7. The molecule has 0 radical (unpaired) electrons. The number of aromatic nitrogens is 2. The fraction of sp³-hybridized carbons (Fsp3) is 0.0833. The summed E-state index contributed by atoms with van der Waals surface area (Å²) in [6.45, 7) is 0.326. The minimum atomic E-state index is 0.0119. The van der Waals surface area contributed by atoms with E-state index >= 15 is 0 Å². The first-order valence-electron chi connectivity index (χ1n) is 9.51. The van der Waals surface area contributed by atoms with Gasteiger partial charge in [-0.1, -0.05) is 41.9 Å². The van der Waals surface area contributed by atoms with E-state index in [1.165, 1.54) is 0 Å². The molecule has 3 N–H and O–H groups in total. The molecule has 4 aromatic rings. The number of rotatable bonds is 6. The fourth-order valence-electron chi connectivity index (χ4n) is 3.26. The molecule has 0 aliphatic carbocycles. The molecule has 0 atom stereocenters. The summed E-state index contributed by atoms with van der Waals surface area (Å²) in [5, 5.41) is 11.4. The largest absolute Gasteiger partial charge is 0.507 e. The minimum absolute atomic E-state index is 0.0119.